The average molecular weight is 296 g/mol. The number of carbonyl (C=O) groups excluding carboxylic acids is 1. The number of nitro groups is 1. The number of hydrogen-bond donors (Lipinski definition) is 2. The Morgan fingerprint density at radius 1 is 1.50 bits per heavy atom. The molecule has 2 N–H and O–H groups in total. The minimum absolute atomic E-state index is 0.0383. The fourth-order valence-electron chi connectivity index (χ4n) is 1.54. The number of amides is 1. The van der Waals surface area contributed by atoms with Gasteiger partial charge in [-0.05, 0) is 6.07 Å². The van der Waals surface area contributed by atoms with Gasteiger partial charge in [-0.1, -0.05) is 11.6 Å². The number of aromatic amines is 1. The SMILES string of the molecule is O=C(NCCc1ncn[nH]1)c1ccc([N+](=O)[O-])cc1Cl. The monoisotopic (exact) mass is 295 g/mol. The van der Waals surface area contributed by atoms with Gasteiger partial charge < -0.3 is 5.32 Å². The summed E-state index contributed by atoms with van der Waals surface area (Å²) in [6.45, 7) is 0.349. The van der Waals surface area contributed by atoms with Crippen molar-refractivity contribution in [2.24, 2.45) is 0 Å². The predicted octanol–water partition coefficient (Wildman–Crippen LogP) is 1.34. The molecule has 0 fully saturated rings. The summed E-state index contributed by atoms with van der Waals surface area (Å²) in [7, 11) is 0. The van der Waals surface area contributed by atoms with E-state index in [1.54, 1.807) is 0 Å². The number of rotatable bonds is 5. The van der Waals surface area contributed by atoms with Crippen molar-refractivity contribution in [3.63, 3.8) is 0 Å². The summed E-state index contributed by atoms with van der Waals surface area (Å²) in [4.78, 5) is 25.8. The fourth-order valence-corrected chi connectivity index (χ4v) is 1.80. The second-order valence-electron chi connectivity index (χ2n) is 3.86. The van der Waals surface area contributed by atoms with Crippen LogP contribution in [0.15, 0.2) is 24.5 Å². The highest BCUT2D eigenvalue weighted by Crippen LogP contribution is 2.22. The number of H-pyrrole nitrogens is 1. The summed E-state index contributed by atoms with van der Waals surface area (Å²) in [6, 6.07) is 3.70. The highest BCUT2D eigenvalue weighted by atomic mass is 35.5. The van der Waals surface area contributed by atoms with Crippen molar-refractivity contribution in [1.29, 1.82) is 0 Å². The molecule has 1 aromatic heterocycles. The van der Waals surface area contributed by atoms with E-state index in [2.05, 4.69) is 20.5 Å². The van der Waals surface area contributed by atoms with E-state index in [-0.39, 0.29) is 16.3 Å². The molecule has 2 rings (SSSR count). The second-order valence-corrected chi connectivity index (χ2v) is 4.27. The zero-order valence-corrected chi connectivity index (χ0v) is 10.9. The molecule has 0 saturated heterocycles. The number of halogens is 1. The number of hydrogen-bond acceptors (Lipinski definition) is 5. The fraction of sp³-hybridized carbons (Fsp3) is 0.182. The van der Waals surface area contributed by atoms with Crippen molar-refractivity contribution >= 4 is 23.2 Å². The number of nitrogens with one attached hydrogen (secondary N) is 2. The van der Waals surface area contributed by atoms with Gasteiger partial charge in [-0.3, -0.25) is 20.0 Å². The molecule has 0 aliphatic heterocycles. The van der Waals surface area contributed by atoms with E-state index in [0.717, 1.165) is 6.07 Å². The molecular formula is C11H10ClN5O3. The van der Waals surface area contributed by atoms with Crippen LogP contribution in [0.2, 0.25) is 5.02 Å². The Balaban J connectivity index is 1.97. The summed E-state index contributed by atoms with van der Waals surface area (Å²) < 4.78 is 0. The van der Waals surface area contributed by atoms with Crippen molar-refractivity contribution in [3.8, 4) is 0 Å². The maximum atomic E-state index is 11.9. The Morgan fingerprint density at radius 2 is 2.30 bits per heavy atom. The number of nitrogens with zero attached hydrogens (tertiary/aromatic N) is 3. The molecule has 104 valence electrons. The van der Waals surface area contributed by atoms with E-state index in [0.29, 0.717) is 18.8 Å². The summed E-state index contributed by atoms with van der Waals surface area (Å²) >= 11 is 5.85. The van der Waals surface area contributed by atoms with Crippen molar-refractivity contribution < 1.29 is 9.72 Å². The van der Waals surface area contributed by atoms with Gasteiger partial charge in [-0.15, -0.1) is 0 Å². The average Bonchev–Trinajstić information content (AvgIpc) is 2.91. The first kappa shape index (κ1) is 13.9. The van der Waals surface area contributed by atoms with Gasteiger partial charge in [-0.2, -0.15) is 5.10 Å². The highest BCUT2D eigenvalue weighted by molar-refractivity contribution is 6.34. The van der Waals surface area contributed by atoms with Crippen LogP contribution < -0.4 is 5.32 Å². The maximum absolute atomic E-state index is 11.9. The van der Waals surface area contributed by atoms with E-state index in [4.69, 9.17) is 11.6 Å². The molecule has 0 radical (unpaired) electrons. The summed E-state index contributed by atoms with van der Waals surface area (Å²) in [5.74, 6) is 0.254. The summed E-state index contributed by atoms with van der Waals surface area (Å²) in [5.41, 5.74) is 0.0306. The molecule has 2 aromatic rings. The number of nitro benzene ring substituents is 1. The van der Waals surface area contributed by atoms with E-state index in [9.17, 15) is 14.9 Å². The summed E-state index contributed by atoms with van der Waals surface area (Å²) in [5, 5.41) is 19.6. The normalized spacial score (nSPS) is 10.2. The van der Waals surface area contributed by atoms with Crippen LogP contribution in [-0.4, -0.2) is 32.6 Å². The first-order chi connectivity index (χ1) is 9.58. The number of carbonyl (C=O) groups is 1. The molecule has 0 spiro atoms. The van der Waals surface area contributed by atoms with E-state index in [1.807, 2.05) is 0 Å². The minimum Gasteiger partial charge on any atom is -0.352 e. The molecule has 0 aliphatic carbocycles. The third-order valence-corrected chi connectivity index (χ3v) is 2.83. The van der Waals surface area contributed by atoms with Crippen LogP contribution in [0.25, 0.3) is 0 Å². The zero-order valence-electron chi connectivity index (χ0n) is 10.2. The van der Waals surface area contributed by atoms with E-state index in [1.165, 1.54) is 18.5 Å². The Hall–Kier alpha value is -2.48. The third-order valence-electron chi connectivity index (χ3n) is 2.52. The van der Waals surface area contributed by atoms with Gasteiger partial charge in [0.25, 0.3) is 11.6 Å². The smallest absolute Gasteiger partial charge is 0.270 e. The minimum atomic E-state index is -0.572. The van der Waals surface area contributed by atoms with E-state index >= 15 is 0 Å². The van der Waals surface area contributed by atoms with Crippen LogP contribution in [0, 0.1) is 10.1 Å². The summed E-state index contributed by atoms with van der Waals surface area (Å²) in [6.07, 6.45) is 1.88. The van der Waals surface area contributed by atoms with Crippen molar-refractivity contribution in [2.45, 2.75) is 6.42 Å². The molecule has 0 aliphatic rings. The number of benzene rings is 1. The lowest BCUT2D eigenvalue weighted by Gasteiger charge is -2.05. The molecule has 1 amide bonds. The van der Waals surface area contributed by atoms with Crippen LogP contribution in [0.5, 0.6) is 0 Å². The highest BCUT2D eigenvalue weighted by Gasteiger charge is 2.14. The van der Waals surface area contributed by atoms with Gasteiger partial charge >= 0.3 is 0 Å². The molecule has 8 nitrogen and oxygen atoms in total. The van der Waals surface area contributed by atoms with E-state index < -0.39 is 10.8 Å². The third kappa shape index (κ3) is 3.29. The van der Waals surface area contributed by atoms with Gasteiger partial charge in [0.05, 0.1) is 15.5 Å². The van der Waals surface area contributed by atoms with Gasteiger partial charge in [0.1, 0.15) is 12.2 Å². The van der Waals surface area contributed by atoms with Crippen molar-refractivity contribution in [3.05, 3.63) is 51.1 Å². The lowest BCUT2D eigenvalue weighted by atomic mass is 10.2. The van der Waals surface area contributed by atoms with Crippen molar-refractivity contribution in [2.75, 3.05) is 6.54 Å². The molecule has 0 bridgehead atoms. The molecule has 0 atom stereocenters. The molecule has 20 heavy (non-hydrogen) atoms. The van der Waals surface area contributed by atoms with Crippen LogP contribution in [-0.2, 0) is 6.42 Å². The topological polar surface area (TPSA) is 114 Å². The Kier molecular flexibility index (Phi) is 4.26. The van der Waals surface area contributed by atoms with Gasteiger partial charge in [0.2, 0.25) is 0 Å². The Labute approximate surface area is 118 Å². The van der Waals surface area contributed by atoms with Crippen LogP contribution in [0.4, 0.5) is 5.69 Å². The lowest BCUT2D eigenvalue weighted by molar-refractivity contribution is -0.384. The predicted molar refractivity (Wildman–Crippen MR) is 70.5 cm³/mol. The molecule has 0 saturated carbocycles. The Morgan fingerprint density at radius 3 is 2.90 bits per heavy atom. The molecular weight excluding hydrogens is 286 g/mol. The van der Waals surface area contributed by atoms with Crippen LogP contribution in [0.3, 0.4) is 0 Å². The lowest BCUT2D eigenvalue weighted by Crippen LogP contribution is -2.26. The van der Waals surface area contributed by atoms with Crippen LogP contribution in [0.1, 0.15) is 16.2 Å². The van der Waals surface area contributed by atoms with Gasteiger partial charge in [0.15, 0.2) is 0 Å². The first-order valence-corrected chi connectivity index (χ1v) is 6.02. The van der Waals surface area contributed by atoms with Crippen molar-refractivity contribution in [1.82, 2.24) is 20.5 Å². The van der Waals surface area contributed by atoms with Gasteiger partial charge in [-0.25, -0.2) is 4.98 Å². The van der Waals surface area contributed by atoms with Crippen LogP contribution >= 0.6 is 11.6 Å². The number of non-ortho nitro benzene ring substituents is 1. The second kappa shape index (κ2) is 6.11. The number of aromatic nitrogens is 3. The zero-order chi connectivity index (χ0) is 14.5. The van der Waals surface area contributed by atoms with Gasteiger partial charge in [0, 0.05) is 25.1 Å². The standard InChI is InChI=1S/C11H10ClN5O3/c12-9-5-7(17(19)20)1-2-8(9)11(18)13-4-3-10-14-6-15-16-10/h1-2,5-6H,3-4H2,(H,13,18)(H,14,15,16). The first-order valence-electron chi connectivity index (χ1n) is 5.64. The quantitative estimate of drug-likeness (QED) is 0.638. The molecule has 1 aromatic carbocycles. The maximum Gasteiger partial charge on any atom is 0.270 e. The Bertz CT molecular complexity index is 629. The molecule has 0 unspecified atom stereocenters. The largest absolute Gasteiger partial charge is 0.352 e. The molecule has 9 heteroatoms. The molecule has 1 heterocycles.